The van der Waals surface area contributed by atoms with Crippen LogP contribution >= 0.6 is 0 Å². The lowest BCUT2D eigenvalue weighted by Gasteiger charge is -2.27. The fraction of sp³-hybridized carbons (Fsp3) is 0.404. The van der Waals surface area contributed by atoms with Crippen molar-refractivity contribution in [3.63, 3.8) is 0 Å². The van der Waals surface area contributed by atoms with Crippen molar-refractivity contribution in [3.8, 4) is 5.75 Å². The van der Waals surface area contributed by atoms with E-state index in [2.05, 4.69) is 85.7 Å². The molecule has 2 aliphatic heterocycles. The molecular weight excluding hydrogens is 801 g/mol. The van der Waals surface area contributed by atoms with Gasteiger partial charge in [-0.1, -0.05) is 68.5 Å². The van der Waals surface area contributed by atoms with Gasteiger partial charge in [0.2, 0.25) is 5.69 Å². The van der Waals surface area contributed by atoms with Gasteiger partial charge in [0.25, 0.3) is 20.2 Å². The molecule has 0 fully saturated rings. The van der Waals surface area contributed by atoms with Crippen molar-refractivity contribution in [1.29, 1.82) is 0 Å². The van der Waals surface area contributed by atoms with Crippen molar-refractivity contribution in [2.24, 2.45) is 0 Å². The van der Waals surface area contributed by atoms with Gasteiger partial charge in [0.1, 0.15) is 18.1 Å². The Kier molecular flexibility index (Phi) is 13.7. The zero-order valence-corrected chi connectivity index (χ0v) is 36.6. The third-order valence-electron chi connectivity index (χ3n) is 11.8. The number of carbonyl (C=O) groups is 1. The molecule has 0 aromatic heterocycles. The SMILES string of the molecule is CC1(C)C(/C=C/C2=C(Oc3ccc(CCC(=O)O)cc3)C(=C/C=C3/N(CCCCS(=O)(=O)O)c4ccccc4C3(C)C)/CCC2)=[N+](CCCCS(=O)(=O)O)c2ccccc21. The molecule has 0 bridgehead atoms. The normalized spacial score (nSPS) is 18.8. The van der Waals surface area contributed by atoms with Crippen molar-refractivity contribution in [1.82, 2.24) is 0 Å². The van der Waals surface area contributed by atoms with Crippen LogP contribution in [0.15, 0.2) is 120 Å². The molecule has 3 aromatic rings. The number of hydrogen-bond donors (Lipinski definition) is 3. The maximum Gasteiger partial charge on any atom is 0.303 e. The average Bonchev–Trinajstić information content (AvgIpc) is 3.54. The van der Waals surface area contributed by atoms with Gasteiger partial charge in [0.05, 0.1) is 16.9 Å². The number of rotatable bonds is 18. The quantitative estimate of drug-likeness (QED) is 0.0640. The highest BCUT2D eigenvalue weighted by Crippen LogP contribution is 2.48. The van der Waals surface area contributed by atoms with Gasteiger partial charge in [-0.25, -0.2) is 0 Å². The number of allylic oxidation sites excluding steroid dienone is 7. The number of ether oxygens (including phenoxy) is 1. The topological polar surface area (TPSA) is 162 Å². The second-order valence-corrected chi connectivity index (χ2v) is 20.0. The Bertz CT molecular complexity index is 2480. The maximum atomic E-state index is 11.5. The summed E-state index contributed by atoms with van der Waals surface area (Å²) in [6.45, 7) is 9.92. The zero-order valence-electron chi connectivity index (χ0n) is 34.9. The molecule has 3 aliphatic rings. The van der Waals surface area contributed by atoms with Crippen LogP contribution in [0.25, 0.3) is 0 Å². The lowest BCUT2D eigenvalue weighted by Crippen LogP contribution is -2.28. The molecule has 0 spiro atoms. The molecule has 0 atom stereocenters. The van der Waals surface area contributed by atoms with Gasteiger partial charge in [0, 0.05) is 53.9 Å². The van der Waals surface area contributed by atoms with E-state index in [9.17, 15) is 35.8 Å². The molecule has 2 heterocycles. The van der Waals surface area contributed by atoms with Gasteiger partial charge in [-0.05, 0) is 111 Å². The Labute approximate surface area is 355 Å². The third-order valence-corrected chi connectivity index (χ3v) is 13.4. The number of fused-ring (bicyclic) bond motifs is 2. The number of aliphatic carboxylic acids is 1. The van der Waals surface area contributed by atoms with E-state index >= 15 is 0 Å². The Morgan fingerprint density at radius 3 is 2.12 bits per heavy atom. The van der Waals surface area contributed by atoms with Crippen LogP contribution < -0.4 is 9.64 Å². The number of carboxylic acid groups (broad SMARTS) is 1. The minimum Gasteiger partial charge on any atom is -0.481 e. The number of benzene rings is 3. The smallest absolute Gasteiger partial charge is 0.303 e. The predicted molar refractivity (Wildman–Crippen MR) is 237 cm³/mol. The van der Waals surface area contributed by atoms with Crippen LogP contribution in [0.1, 0.15) is 95.8 Å². The Morgan fingerprint density at radius 1 is 0.783 bits per heavy atom. The number of unbranched alkanes of at least 4 members (excludes halogenated alkanes) is 2. The van der Waals surface area contributed by atoms with Crippen molar-refractivity contribution >= 4 is 43.3 Å². The molecule has 3 N–H and O–H groups in total. The Hall–Kier alpha value is -4.82. The minimum absolute atomic E-state index is 0.0379. The van der Waals surface area contributed by atoms with Crippen LogP contribution in [0.4, 0.5) is 11.4 Å². The summed E-state index contributed by atoms with van der Waals surface area (Å²) in [6, 6.07) is 24.1. The van der Waals surface area contributed by atoms with Crippen molar-refractivity contribution in [2.45, 2.75) is 96.3 Å². The van der Waals surface area contributed by atoms with Crippen LogP contribution in [0.2, 0.25) is 0 Å². The number of hydrogen-bond acceptors (Lipinski definition) is 7. The Balaban J connectivity index is 1.40. The molecule has 1 aliphatic carbocycles. The Morgan fingerprint density at radius 2 is 1.43 bits per heavy atom. The molecule has 3 aromatic carbocycles. The number of para-hydroxylation sites is 2. The molecule has 0 radical (unpaired) electrons. The standard InChI is InChI=1S/C47H56N2O9S2/c1-46(2)38-16-5-7-18-40(38)48(30-9-11-32-59(52,53)54)42(46)27-23-35-14-13-15-36(45(35)58-37-25-20-34(21-26-37)22-29-44(50)51)24-28-43-47(3,4)39-17-6-8-19-41(39)49(43)31-10-12-33-60(55,56)57/h5-8,16-21,23-28H,9-15,22,29-33H2,1-4H3,(H2-,50,51,52,53,54,55,56,57)/p+1. The summed E-state index contributed by atoms with van der Waals surface area (Å²) in [5.41, 5.74) is 8.85. The average molecular weight is 858 g/mol. The van der Waals surface area contributed by atoms with E-state index in [0.717, 1.165) is 64.5 Å². The van der Waals surface area contributed by atoms with E-state index in [4.69, 9.17) is 4.74 Å². The molecule has 11 nitrogen and oxygen atoms in total. The highest BCUT2D eigenvalue weighted by atomic mass is 32.2. The van der Waals surface area contributed by atoms with E-state index in [0.29, 0.717) is 50.9 Å². The van der Waals surface area contributed by atoms with Gasteiger partial charge in [-0.3, -0.25) is 13.9 Å². The van der Waals surface area contributed by atoms with Gasteiger partial charge >= 0.3 is 5.97 Å². The van der Waals surface area contributed by atoms with E-state index < -0.39 is 26.2 Å². The summed E-state index contributed by atoms with van der Waals surface area (Å²) in [6.07, 6.45) is 13.3. The molecule has 6 rings (SSSR count). The number of nitrogens with zero attached hydrogens (tertiary/aromatic N) is 2. The summed E-state index contributed by atoms with van der Waals surface area (Å²) in [5.74, 6) is -0.0476. The summed E-state index contributed by atoms with van der Waals surface area (Å²) in [4.78, 5) is 13.5. The van der Waals surface area contributed by atoms with Crippen LogP contribution in [0.5, 0.6) is 5.75 Å². The fourth-order valence-electron chi connectivity index (χ4n) is 8.68. The molecule has 0 saturated carbocycles. The van der Waals surface area contributed by atoms with E-state index in [-0.39, 0.29) is 28.8 Å². The molecule has 13 heteroatoms. The highest BCUT2D eigenvalue weighted by molar-refractivity contribution is 7.86. The first-order valence-electron chi connectivity index (χ1n) is 20.7. The maximum absolute atomic E-state index is 11.5. The minimum atomic E-state index is -4.06. The van der Waals surface area contributed by atoms with Crippen LogP contribution in [0, 0.1) is 0 Å². The highest BCUT2D eigenvalue weighted by Gasteiger charge is 2.44. The lowest BCUT2D eigenvalue weighted by atomic mass is 9.81. The first kappa shape index (κ1) is 44.7. The first-order chi connectivity index (χ1) is 28.3. The summed E-state index contributed by atoms with van der Waals surface area (Å²) < 4.78 is 73.7. The van der Waals surface area contributed by atoms with E-state index in [1.807, 2.05) is 48.5 Å². The fourth-order valence-corrected chi connectivity index (χ4v) is 9.81. The molecule has 320 valence electrons. The lowest BCUT2D eigenvalue weighted by molar-refractivity contribution is -0.438. The van der Waals surface area contributed by atoms with Crippen LogP contribution in [-0.2, 0) is 42.3 Å². The molecule has 0 saturated heterocycles. The van der Waals surface area contributed by atoms with Crippen molar-refractivity contribution in [3.05, 3.63) is 136 Å². The molecule has 60 heavy (non-hydrogen) atoms. The summed E-state index contributed by atoms with van der Waals surface area (Å²) in [5, 5.41) is 9.21. The number of anilines is 1. The predicted octanol–water partition coefficient (Wildman–Crippen LogP) is 9.10. The van der Waals surface area contributed by atoms with Gasteiger partial charge in [-0.15, -0.1) is 0 Å². The molecular formula is C47H57N2O9S2+. The van der Waals surface area contributed by atoms with Crippen LogP contribution in [-0.4, -0.2) is 71.9 Å². The second kappa shape index (κ2) is 18.4. The monoisotopic (exact) mass is 857 g/mol. The molecule has 0 unspecified atom stereocenters. The third kappa shape index (κ3) is 10.7. The van der Waals surface area contributed by atoms with Gasteiger partial charge in [0.15, 0.2) is 5.71 Å². The number of carboxylic acids is 1. The van der Waals surface area contributed by atoms with Gasteiger partial charge in [-0.2, -0.15) is 21.4 Å². The zero-order chi connectivity index (χ0) is 43.3. The number of aryl methyl sites for hydroxylation is 1. The van der Waals surface area contributed by atoms with Crippen molar-refractivity contribution in [2.75, 3.05) is 29.5 Å². The van der Waals surface area contributed by atoms with Gasteiger partial charge < -0.3 is 14.7 Å². The second-order valence-electron chi connectivity index (χ2n) is 16.9. The summed E-state index contributed by atoms with van der Waals surface area (Å²) >= 11 is 0. The van der Waals surface area contributed by atoms with E-state index in [1.165, 1.54) is 11.1 Å². The molecule has 0 amide bonds. The first-order valence-corrected chi connectivity index (χ1v) is 23.9. The largest absolute Gasteiger partial charge is 0.481 e. The van der Waals surface area contributed by atoms with Crippen molar-refractivity contribution < 1.29 is 45.2 Å². The summed E-state index contributed by atoms with van der Waals surface area (Å²) in [7, 11) is -8.11. The van der Waals surface area contributed by atoms with Crippen LogP contribution in [0.3, 0.4) is 0 Å². The van der Waals surface area contributed by atoms with E-state index in [1.54, 1.807) is 0 Å².